The first-order valence-electron chi connectivity index (χ1n) is 9.77. The van der Waals surface area contributed by atoms with E-state index >= 15 is 0 Å². The monoisotopic (exact) mass is 522 g/mol. The van der Waals surface area contributed by atoms with Crippen LogP contribution in [0.2, 0.25) is 5.02 Å². The number of nitrogens with zero attached hydrogens (tertiary/aromatic N) is 2. The molecule has 0 radical (unpaired) electrons. The van der Waals surface area contributed by atoms with Crippen molar-refractivity contribution in [3.8, 4) is 0 Å². The largest absolute Gasteiger partial charge is 0.356 e. The molecule has 1 atom stereocenters. The summed E-state index contributed by atoms with van der Waals surface area (Å²) < 4.78 is 13.8. The molecule has 5 nitrogen and oxygen atoms in total. The van der Waals surface area contributed by atoms with Crippen molar-refractivity contribution in [3.05, 3.63) is 34.6 Å². The molecule has 156 valence electrons. The van der Waals surface area contributed by atoms with Gasteiger partial charge in [0.05, 0.1) is 0 Å². The van der Waals surface area contributed by atoms with E-state index in [1.807, 2.05) is 4.90 Å². The van der Waals surface area contributed by atoms with Crippen molar-refractivity contribution in [1.82, 2.24) is 15.5 Å². The van der Waals surface area contributed by atoms with Crippen molar-refractivity contribution in [2.75, 3.05) is 26.7 Å². The second kappa shape index (κ2) is 11.2. The summed E-state index contributed by atoms with van der Waals surface area (Å²) in [5.74, 6) is 0.923. The van der Waals surface area contributed by atoms with Crippen molar-refractivity contribution in [2.45, 2.75) is 44.6 Å². The number of halogens is 3. The van der Waals surface area contributed by atoms with E-state index < -0.39 is 0 Å². The smallest absolute Gasteiger partial charge is 0.225 e. The topological polar surface area (TPSA) is 56.7 Å². The van der Waals surface area contributed by atoms with Crippen LogP contribution in [-0.2, 0) is 11.2 Å². The number of rotatable bonds is 5. The van der Waals surface area contributed by atoms with Crippen LogP contribution in [0.25, 0.3) is 0 Å². The van der Waals surface area contributed by atoms with Gasteiger partial charge < -0.3 is 15.5 Å². The molecule has 0 bridgehead atoms. The molecule has 2 aliphatic rings. The number of hydrogen-bond donors (Lipinski definition) is 2. The molecule has 1 unspecified atom stereocenters. The molecule has 1 aromatic carbocycles. The SMILES string of the molecule is CN=C(NCCc1c(F)cccc1Cl)NC1CCN(C(=O)C2CCCC2)C1.I. The van der Waals surface area contributed by atoms with Crippen molar-refractivity contribution in [1.29, 1.82) is 0 Å². The molecule has 8 heteroatoms. The summed E-state index contributed by atoms with van der Waals surface area (Å²) in [6, 6.07) is 4.91. The zero-order valence-electron chi connectivity index (χ0n) is 16.2. The average Bonchev–Trinajstić information content (AvgIpc) is 3.34. The lowest BCUT2D eigenvalue weighted by molar-refractivity contribution is -0.134. The summed E-state index contributed by atoms with van der Waals surface area (Å²) in [4.78, 5) is 18.8. The van der Waals surface area contributed by atoms with Gasteiger partial charge in [0.2, 0.25) is 5.91 Å². The Hall–Kier alpha value is -1.09. The maximum absolute atomic E-state index is 13.8. The Balaban J connectivity index is 0.00000280. The van der Waals surface area contributed by atoms with Crippen LogP contribution in [0.3, 0.4) is 0 Å². The summed E-state index contributed by atoms with van der Waals surface area (Å²) in [6.45, 7) is 2.04. The Morgan fingerprint density at radius 3 is 2.75 bits per heavy atom. The maximum Gasteiger partial charge on any atom is 0.225 e. The third-order valence-corrected chi connectivity index (χ3v) is 5.85. The van der Waals surface area contributed by atoms with E-state index in [0.717, 1.165) is 32.4 Å². The minimum Gasteiger partial charge on any atom is -0.356 e. The van der Waals surface area contributed by atoms with Crippen LogP contribution in [-0.4, -0.2) is 49.5 Å². The number of amides is 1. The average molecular weight is 523 g/mol. The highest BCUT2D eigenvalue weighted by Crippen LogP contribution is 2.27. The number of carbonyl (C=O) groups is 1. The quantitative estimate of drug-likeness (QED) is 0.353. The van der Waals surface area contributed by atoms with Crippen molar-refractivity contribution >= 4 is 47.4 Å². The molecule has 1 amide bonds. The molecule has 2 fully saturated rings. The highest BCUT2D eigenvalue weighted by Gasteiger charge is 2.32. The van der Waals surface area contributed by atoms with Crippen LogP contribution in [0.4, 0.5) is 4.39 Å². The molecule has 0 aromatic heterocycles. The van der Waals surface area contributed by atoms with E-state index in [0.29, 0.717) is 35.4 Å². The van der Waals surface area contributed by atoms with E-state index in [-0.39, 0.29) is 41.8 Å². The van der Waals surface area contributed by atoms with Crippen molar-refractivity contribution < 1.29 is 9.18 Å². The Morgan fingerprint density at radius 1 is 1.32 bits per heavy atom. The molecule has 1 aliphatic carbocycles. The van der Waals surface area contributed by atoms with E-state index in [9.17, 15) is 9.18 Å². The predicted molar refractivity (Wildman–Crippen MR) is 122 cm³/mol. The minimum absolute atomic E-state index is 0. The lowest BCUT2D eigenvalue weighted by Gasteiger charge is -2.21. The molecule has 1 saturated heterocycles. The predicted octanol–water partition coefficient (Wildman–Crippen LogP) is 3.60. The summed E-state index contributed by atoms with van der Waals surface area (Å²) in [5.41, 5.74) is 0.510. The molecule has 0 spiro atoms. The standard InChI is InChI=1S/C20H28ClFN4O.HI/c1-23-20(24-11-9-16-17(21)7-4-8-18(16)22)25-15-10-12-26(13-15)19(27)14-5-2-3-6-14;/h4,7-8,14-15H,2-3,5-6,9-13H2,1H3,(H2,23,24,25);1H. The van der Waals surface area contributed by atoms with Crippen LogP contribution >= 0.6 is 35.6 Å². The van der Waals surface area contributed by atoms with Crippen LogP contribution in [0.15, 0.2) is 23.2 Å². The first kappa shape index (κ1) is 23.2. The van der Waals surface area contributed by atoms with Crippen LogP contribution < -0.4 is 10.6 Å². The van der Waals surface area contributed by atoms with Gasteiger partial charge in [-0.05, 0) is 37.8 Å². The zero-order valence-corrected chi connectivity index (χ0v) is 19.3. The Kier molecular flexibility index (Phi) is 9.27. The number of benzene rings is 1. The second-order valence-corrected chi connectivity index (χ2v) is 7.75. The van der Waals surface area contributed by atoms with Crippen LogP contribution in [0, 0.1) is 11.7 Å². The number of hydrogen-bond acceptors (Lipinski definition) is 2. The lowest BCUT2D eigenvalue weighted by atomic mass is 10.1. The van der Waals surface area contributed by atoms with Gasteiger partial charge in [0.1, 0.15) is 5.82 Å². The minimum atomic E-state index is -0.288. The number of aliphatic imine (C=N–C) groups is 1. The first-order chi connectivity index (χ1) is 13.1. The fourth-order valence-corrected chi connectivity index (χ4v) is 4.23. The maximum atomic E-state index is 13.8. The molecule has 3 rings (SSSR count). The van der Waals surface area contributed by atoms with Gasteiger partial charge in [-0.3, -0.25) is 9.79 Å². The zero-order chi connectivity index (χ0) is 19.2. The van der Waals surface area contributed by atoms with Crippen LogP contribution in [0.5, 0.6) is 0 Å². The van der Waals surface area contributed by atoms with Crippen LogP contribution in [0.1, 0.15) is 37.7 Å². The van der Waals surface area contributed by atoms with E-state index in [2.05, 4.69) is 15.6 Å². The van der Waals surface area contributed by atoms with Crippen molar-refractivity contribution in [3.63, 3.8) is 0 Å². The lowest BCUT2D eigenvalue weighted by Crippen LogP contribution is -2.45. The molecule has 1 aliphatic heterocycles. The van der Waals surface area contributed by atoms with E-state index in [1.165, 1.54) is 18.9 Å². The van der Waals surface area contributed by atoms with Crippen molar-refractivity contribution in [2.24, 2.45) is 10.9 Å². The molecule has 2 N–H and O–H groups in total. The summed E-state index contributed by atoms with van der Waals surface area (Å²) in [5, 5.41) is 7.02. The molecule has 1 aromatic rings. The van der Waals surface area contributed by atoms with Gasteiger partial charge in [-0.25, -0.2) is 4.39 Å². The fraction of sp³-hybridized carbons (Fsp3) is 0.600. The van der Waals surface area contributed by atoms with Gasteiger partial charge in [-0.2, -0.15) is 0 Å². The van der Waals surface area contributed by atoms with E-state index in [4.69, 9.17) is 11.6 Å². The third-order valence-electron chi connectivity index (χ3n) is 5.50. The third kappa shape index (κ3) is 5.95. The highest BCUT2D eigenvalue weighted by atomic mass is 127. The summed E-state index contributed by atoms with van der Waals surface area (Å²) in [6.07, 6.45) is 5.81. The van der Waals surface area contributed by atoms with Gasteiger partial charge in [-0.15, -0.1) is 24.0 Å². The number of likely N-dealkylation sites (tertiary alicyclic amines) is 1. The molecule has 28 heavy (non-hydrogen) atoms. The number of nitrogens with one attached hydrogen (secondary N) is 2. The van der Waals surface area contributed by atoms with Gasteiger partial charge in [-0.1, -0.05) is 30.5 Å². The number of guanidine groups is 1. The molecular formula is C20H29ClFIN4O. The fourth-order valence-electron chi connectivity index (χ4n) is 3.97. The van der Waals surface area contributed by atoms with Gasteiger partial charge in [0.25, 0.3) is 0 Å². The molecular weight excluding hydrogens is 494 g/mol. The normalized spacial score (nSPS) is 20.2. The molecule has 1 heterocycles. The summed E-state index contributed by atoms with van der Waals surface area (Å²) in [7, 11) is 1.71. The summed E-state index contributed by atoms with van der Waals surface area (Å²) >= 11 is 6.06. The van der Waals surface area contributed by atoms with Gasteiger partial charge >= 0.3 is 0 Å². The Bertz CT molecular complexity index is 677. The van der Waals surface area contributed by atoms with Gasteiger partial charge in [0, 0.05) is 49.2 Å². The molecule has 1 saturated carbocycles. The second-order valence-electron chi connectivity index (χ2n) is 7.34. The van der Waals surface area contributed by atoms with Gasteiger partial charge in [0.15, 0.2) is 5.96 Å². The van der Waals surface area contributed by atoms with E-state index in [1.54, 1.807) is 19.2 Å². The highest BCUT2D eigenvalue weighted by molar-refractivity contribution is 14.0. The first-order valence-corrected chi connectivity index (χ1v) is 10.1. The number of carbonyl (C=O) groups excluding carboxylic acids is 1. The Labute approximate surface area is 188 Å². The Morgan fingerprint density at radius 2 is 2.07 bits per heavy atom.